The number of carbonyl (C=O) groups excluding carboxylic acids is 1. The number of hydrogen-bond donors (Lipinski definition) is 0. The summed E-state index contributed by atoms with van der Waals surface area (Å²) in [6.45, 7) is 4.80. The fourth-order valence-electron chi connectivity index (χ4n) is 3.49. The second kappa shape index (κ2) is 6.17. The molecule has 136 valence electrons. The van der Waals surface area contributed by atoms with Crippen LogP contribution in [0.3, 0.4) is 0 Å². The van der Waals surface area contributed by atoms with E-state index in [4.69, 9.17) is 9.26 Å². The summed E-state index contributed by atoms with van der Waals surface area (Å²) in [7, 11) is 1.70. The fourth-order valence-corrected chi connectivity index (χ4v) is 3.49. The number of ether oxygens (including phenoxy) is 1. The first kappa shape index (κ1) is 16.6. The second-order valence-electron chi connectivity index (χ2n) is 6.52. The molecule has 0 N–H and O–H groups in total. The molecule has 8 nitrogen and oxygen atoms in total. The highest BCUT2D eigenvalue weighted by molar-refractivity contribution is 5.99. The number of aldehydes is 1. The molecule has 1 aliphatic heterocycles. The molecule has 1 aliphatic rings. The molecule has 1 fully saturated rings. The smallest absolute Gasteiger partial charge is 0.205 e. The van der Waals surface area contributed by atoms with E-state index >= 15 is 4.39 Å². The van der Waals surface area contributed by atoms with Crippen molar-refractivity contribution < 1.29 is 18.4 Å². The number of anilines is 1. The number of aromatic nitrogens is 4. The predicted molar refractivity (Wildman–Crippen MR) is 91.6 cm³/mol. The molecular formula is C17H18FN5O3. The van der Waals surface area contributed by atoms with Crippen LogP contribution >= 0.6 is 0 Å². The van der Waals surface area contributed by atoms with E-state index in [2.05, 4.69) is 15.2 Å². The van der Waals surface area contributed by atoms with Crippen molar-refractivity contribution in [3.63, 3.8) is 0 Å². The summed E-state index contributed by atoms with van der Waals surface area (Å²) in [4.78, 5) is 17.6. The lowest BCUT2D eigenvalue weighted by Gasteiger charge is -2.37. The second-order valence-corrected chi connectivity index (χ2v) is 6.52. The molecule has 0 amide bonds. The van der Waals surface area contributed by atoms with Crippen LogP contribution in [0.5, 0.6) is 0 Å². The van der Waals surface area contributed by atoms with Crippen molar-refractivity contribution in [2.45, 2.75) is 26.1 Å². The number of fused-ring (bicyclic) bond motifs is 1. The van der Waals surface area contributed by atoms with Crippen molar-refractivity contribution in [2.24, 2.45) is 7.05 Å². The maximum atomic E-state index is 15.3. The van der Waals surface area contributed by atoms with Crippen molar-refractivity contribution >= 4 is 22.9 Å². The van der Waals surface area contributed by atoms with Crippen molar-refractivity contribution in [3.8, 4) is 11.5 Å². The van der Waals surface area contributed by atoms with E-state index in [0.29, 0.717) is 36.3 Å². The van der Waals surface area contributed by atoms with E-state index in [1.807, 2.05) is 18.7 Å². The highest BCUT2D eigenvalue weighted by Crippen LogP contribution is 2.36. The van der Waals surface area contributed by atoms with Gasteiger partial charge in [-0.1, -0.05) is 5.16 Å². The van der Waals surface area contributed by atoms with Crippen LogP contribution in [-0.4, -0.2) is 51.5 Å². The van der Waals surface area contributed by atoms with Crippen molar-refractivity contribution in [2.75, 3.05) is 18.0 Å². The van der Waals surface area contributed by atoms with Gasteiger partial charge in [0.15, 0.2) is 23.6 Å². The van der Waals surface area contributed by atoms with Crippen molar-refractivity contribution in [1.29, 1.82) is 0 Å². The van der Waals surface area contributed by atoms with Crippen LogP contribution in [0.1, 0.15) is 24.2 Å². The Labute approximate surface area is 148 Å². The quantitative estimate of drug-likeness (QED) is 0.663. The summed E-state index contributed by atoms with van der Waals surface area (Å²) in [5.74, 6) is -0.173. The van der Waals surface area contributed by atoms with Gasteiger partial charge in [0.05, 0.1) is 23.3 Å². The zero-order valence-electron chi connectivity index (χ0n) is 14.6. The molecular weight excluding hydrogens is 341 g/mol. The average molecular weight is 359 g/mol. The molecule has 0 bridgehead atoms. The summed E-state index contributed by atoms with van der Waals surface area (Å²) >= 11 is 0. The van der Waals surface area contributed by atoms with Crippen LogP contribution in [-0.2, 0) is 11.8 Å². The van der Waals surface area contributed by atoms with Gasteiger partial charge >= 0.3 is 0 Å². The van der Waals surface area contributed by atoms with Crippen LogP contribution in [0, 0.1) is 5.82 Å². The lowest BCUT2D eigenvalue weighted by molar-refractivity contribution is -0.00543. The molecule has 1 saturated heterocycles. The first-order valence-electron chi connectivity index (χ1n) is 8.31. The molecule has 3 heterocycles. The van der Waals surface area contributed by atoms with Gasteiger partial charge in [0, 0.05) is 25.7 Å². The number of nitrogens with zero attached hydrogens (tertiary/aromatic N) is 5. The minimum absolute atomic E-state index is 0.00426. The zero-order valence-corrected chi connectivity index (χ0v) is 14.6. The van der Waals surface area contributed by atoms with Gasteiger partial charge in [0.1, 0.15) is 6.33 Å². The minimum Gasteiger partial charge on any atom is -0.372 e. The molecule has 9 heteroatoms. The molecule has 2 aromatic heterocycles. The topological polar surface area (TPSA) is 86.3 Å². The zero-order chi connectivity index (χ0) is 18.4. The summed E-state index contributed by atoms with van der Waals surface area (Å²) < 4.78 is 27.8. The third-order valence-corrected chi connectivity index (χ3v) is 4.49. The van der Waals surface area contributed by atoms with Gasteiger partial charge < -0.3 is 14.2 Å². The maximum absolute atomic E-state index is 15.3. The summed E-state index contributed by atoms with van der Waals surface area (Å²) in [6, 6.07) is 1.59. The fraction of sp³-hybridized carbons (Fsp3) is 0.412. The molecule has 3 aromatic rings. The molecule has 0 radical (unpaired) electrons. The van der Waals surface area contributed by atoms with E-state index < -0.39 is 5.82 Å². The van der Waals surface area contributed by atoms with E-state index in [-0.39, 0.29) is 29.0 Å². The van der Waals surface area contributed by atoms with Crippen LogP contribution < -0.4 is 4.90 Å². The van der Waals surface area contributed by atoms with Gasteiger partial charge in [0.2, 0.25) is 5.58 Å². The summed E-state index contributed by atoms with van der Waals surface area (Å²) in [6.07, 6.45) is 1.88. The normalized spacial score (nSPS) is 20.7. The monoisotopic (exact) mass is 359 g/mol. The van der Waals surface area contributed by atoms with Gasteiger partial charge in [-0.15, -0.1) is 0 Å². The summed E-state index contributed by atoms with van der Waals surface area (Å²) in [5, 5.41) is 8.33. The standard InChI is InChI=1S/C17H18FN5O3/c1-9-5-23(6-10(2)25-9)15-11(7-24)4-12-14(17-19-8-20-22(17)3)21-26-16(12)13(15)18/h4,7-10H,5-6H2,1-3H3/t9-,10-/m1/s1. The Balaban J connectivity index is 1.89. The van der Waals surface area contributed by atoms with Gasteiger partial charge in [-0.25, -0.2) is 14.1 Å². The van der Waals surface area contributed by atoms with Gasteiger partial charge in [-0.3, -0.25) is 4.79 Å². The first-order valence-corrected chi connectivity index (χ1v) is 8.31. The Hall–Kier alpha value is -2.81. The third kappa shape index (κ3) is 2.55. The Bertz CT molecular complexity index is 972. The number of halogens is 1. The summed E-state index contributed by atoms with van der Waals surface area (Å²) in [5.41, 5.74) is 0.797. The van der Waals surface area contributed by atoms with Crippen LogP contribution in [0.4, 0.5) is 10.1 Å². The minimum atomic E-state index is -0.605. The Morgan fingerprint density at radius 1 is 1.31 bits per heavy atom. The van der Waals surface area contributed by atoms with Crippen LogP contribution in [0.25, 0.3) is 22.5 Å². The number of carbonyl (C=O) groups is 1. The molecule has 2 atom stereocenters. The lowest BCUT2D eigenvalue weighted by Crippen LogP contribution is -2.46. The lowest BCUT2D eigenvalue weighted by atomic mass is 10.1. The van der Waals surface area contributed by atoms with E-state index in [0.717, 1.165) is 0 Å². The number of aryl methyl sites for hydroxylation is 1. The highest BCUT2D eigenvalue weighted by Gasteiger charge is 2.29. The first-order chi connectivity index (χ1) is 12.5. The maximum Gasteiger partial charge on any atom is 0.205 e. The molecule has 1 aromatic carbocycles. The van der Waals surface area contributed by atoms with Crippen molar-refractivity contribution in [3.05, 3.63) is 23.8 Å². The van der Waals surface area contributed by atoms with E-state index in [1.54, 1.807) is 13.1 Å². The Morgan fingerprint density at radius 2 is 2.04 bits per heavy atom. The van der Waals surface area contributed by atoms with E-state index in [9.17, 15) is 4.79 Å². The molecule has 0 unspecified atom stereocenters. The number of morpholine rings is 1. The van der Waals surface area contributed by atoms with Gasteiger partial charge in [0.25, 0.3) is 0 Å². The highest BCUT2D eigenvalue weighted by atomic mass is 19.1. The molecule has 0 aliphatic carbocycles. The van der Waals surface area contributed by atoms with Crippen LogP contribution in [0.15, 0.2) is 16.9 Å². The average Bonchev–Trinajstić information content (AvgIpc) is 3.19. The molecule has 0 saturated carbocycles. The molecule has 26 heavy (non-hydrogen) atoms. The predicted octanol–water partition coefficient (Wildman–Crippen LogP) is 2.19. The largest absolute Gasteiger partial charge is 0.372 e. The third-order valence-electron chi connectivity index (χ3n) is 4.49. The van der Waals surface area contributed by atoms with Gasteiger partial charge in [-0.05, 0) is 19.9 Å². The van der Waals surface area contributed by atoms with Gasteiger partial charge in [-0.2, -0.15) is 5.10 Å². The molecule has 0 spiro atoms. The Morgan fingerprint density at radius 3 is 2.65 bits per heavy atom. The number of rotatable bonds is 3. The Kier molecular flexibility index (Phi) is 3.95. The number of hydrogen-bond acceptors (Lipinski definition) is 7. The molecule has 4 rings (SSSR count). The van der Waals surface area contributed by atoms with Crippen LogP contribution in [0.2, 0.25) is 0 Å². The van der Waals surface area contributed by atoms with E-state index in [1.165, 1.54) is 11.0 Å². The SMILES string of the molecule is C[C@@H]1CN(c2c(C=O)cc3c(-c4ncnn4C)noc3c2F)C[C@@H](C)O1. The van der Waals surface area contributed by atoms with Crippen molar-refractivity contribution in [1.82, 2.24) is 19.9 Å². The number of benzene rings is 1.